The smallest absolute Gasteiger partial charge is 0.194 e. The molecule has 1 unspecified atom stereocenters. The molecule has 0 radical (unpaired) electrons. The van der Waals surface area contributed by atoms with Crippen LogP contribution in [0.2, 0.25) is 0 Å². The standard InChI is InChI=1S/C11H18N2O2/c1-8(2)5-11-13-7-10(15-11)9-6-12-3-4-14-9/h7-9,12H,3-6H2,1-2H3. The van der Waals surface area contributed by atoms with Gasteiger partial charge < -0.3 is 14.5 Å². The van der Waals surface area contributed by atoms with E-state index in [1.165, 1.54) is 0 Å². The van der Waals surface area contributed by atoms with Gasteiger partial charge in [0.2, 0.25) is 0 Å². The summed E-state index contributed by atoms with van der Waals surface area (Å²) >= 11 is 0. The largest absolute Gasteiger partial charge is 0.443 e. The van der Waals surface area contributed by atoms with Crippen LogP contribution < -0.4 is 5.32 Å². The fourth-order valence-corrected chi connectivity index (χ4v) is 1.66. The van der Waals surface area contributed by atoms with Gasteiger partial charge in [-0.3, -0.25) is 0 Å². The van der Waals surface area contributed by atoms with E-state index in [1.54, 1.807) is 6.20 Å². The van der Waals surface area contributed by atoms with E-state index >= 15 is 0 Å². The van der Waals surface area contributed by atoms with Gasteiger partial charge in [0.05, 0.1) is 12.8 Å². The lowest BCUT2D eigenvalue weighted by Crippen LogP contribution is -2.33. The van der Waals surface area contributed by atoms with E-state index in [9.17, 15) is 0 Å². The van der Waals surface area contributed by atoms with Crippen LogP contribution in [0, 0.1) is 5.92 Å². The zero-order valence-electron chi connectivity index (χ0n) is 9.32. The summed E-state index contributed by atoms with van der Waals surface area (Å²) in [6, 6.07) is 0. The molecule has 1 aromatic rings. The average molecular weight is 210 g/mol. The number of ether oxygens (including phenoxy) is 1. The highest BCUT2D eigenvalue weighted by Crippen LogP contribution is 2.20. The minimum absolute atomic E-state index is 0.0344. The third kappa shape index (κ3) is 2.79. The highest BCUT2D eigenvalue weighted by atomic mass is 16.5. The maximum atomic E-state index is 5.66. The summed E-state index contributed by atoms with van der Waals surface area (Å²) in [6.07, 6.45) is 2.71. The normalized spacial score (nSPS) is 22.2. The monoisotopic (exact) mass is 210 g/mol. The number of aromatic nitrogens is 1. The Morgan fingerprint density at radius 1 is 1.60 bits per heavy atom. The van der Waals surface area contributed by atoms with Crippen LogP contribution in [0.4, 0.5) is 0 Å². The van der Waals surface area contributed by atoms with Gasteiger partial charge in [0.25, 0.3) is 0 Å². The van der Waals surface area contributed by atoms with E-state index in [0.29, 0.717) is 5.92 Å². The number of hydrogen-bond acceptors (Lipinski definition) is 4. The van der Waals surface area contributed by atoms with E-state index in [-0.39, 0.29) is 6.10 Å². The van der Waals surface area contributed by atoms with Gasteiger partial charge in [-0.15, -0.1) is 0 Å². The SMILES string of the molecule is CC(C)Cc1ncc(C2CNCCO2)o1. The molecule has 1 aromatic heterocycles. The molecule has 1 aliphatic rings. The van der Waals surface area contributed by atoms with Crippen LogP contribution in [0.5, 0.6) is 0 Å². The number of morpholine rings is 1. The molecular weight excluding hydrogens is 192 g/mol. The number of hydrogen-bond donors (Lipinski definition) is 1. The lowest BCUT2D eigenvalue weighted by atomic mass is 10.1. The summed E-state index contributed by atoms with van der Waals surface area (Å²) in [5, 5.41) is 3.27. The van der Waals surface area contributed by atoms with Gasteiger partial charge in [0.1, 0.15) is 6.10 Å². The lowest BCUT2D eigenvalue weighted by molar-refractivity contribution is 0.0136. The van der Waals surface area contributed by atoms with E-state index in [1.807, 2.05) is 0 Å². The first kappa shape index (κ1) is 10.6. The van der Waals surface area contributed by atoms with Crippen molar-refractivity contribution >= 4 is 0 Å². The van der Waals surface area contributed by atoms with Crippen molar-refractivity contribution in [2.24, 2.45) is 5.92 Å². The van der Waals surface area contributed by atoms with Gasteiger partial charge in [0.15, 0.2) is 11.7 Å². The summed E-state index contributed by atoms with van der Waals surface area (Å²) in [4.78, 5) is 4.26. The molecule has 1 atom stereocenters. The molecule has 4 heteroatoms. The third-order valence-corrected chi connectivity index (χ3v) is 2.40. The second-order valence-corrected chi connectivity index (χ2v) is 4.32. The summed E-state index contributed by atoms with van der Waals surface area (Å²) in [6.45, 7) is 6.79. The minimum atomic E-state index is 0.0344. The summed E-state index contributed by atoms with van der Waals surface area (Å²) < 4.78 is 11.2. The molecular formula is C11H18N2O2. The zero-order chi connectivity index (χ0) is 10.7. The Balaban J connectivity index is 1.99. The summed E-state index contributed by atoms with van der Waals surface area (Å²) in [5.74, 6) is 2.23. The Morgan fingerprint density at radius 2 is 2.47 bits per heavy atom. The minimum Gasteiger partial charge on any atom is -0.443 e. The van der Waals surface area contributed by atoms with E-state index in [2.05, 4.69) is 24.1 Å². The van der Waals surface area contributed by atoms with Crippen LogP contribution in [-0.4, -0.2) is 24.7 Å². The summed E-state index contributed by atoms with van der Waals surface area (Å²) in [7, 11) is 0. The average Bonchev–Trinajstić information content (AvgIpc) is 2.67. The molecule has 84 valence electrons. The van der Waals surface area contributed by atoms with Gasteiger partial charge in [-0.25, -0.2) is 4.98 Å². The van der Waals surface area contributed by atoms with Gasteiger partial charge in [-0.1, -0.05) is 13.8 Å². The molecule has 1 aliphatic heterocycles. The van der Waals surface area contributed by atoms with Crippen molar-refractivity contribution in [1.29, 1.82) is 0 Å². The molecule has 2 rings (SSSR count). The molecule has 0 amide bonds. The molecule has 0 spiro atoms. The Hall–Kier alpha value is -0.870. The van der Waals surface area contributed by atoms with Crippen molar-refractivity contribution in [3.8, 4) is 0 Å². The predicted octanol–water partition coefficient (Wildman–Crippen LogP) is 1.53. The quantitative estimate of drug-likeness (QED) is 0.822. The van der Waals surface area contributed by atoms with Crippen molar-refractivity contribution < 1.29 is 9.15 Å². The van der Waals surface area contributed by atoms with Gasteiger partial charge >= 0.3 is 0 Å². The van der Waals surface area contributed by atoms with Crippen LogP contribution >= 0.6 is 0 Å². The van der Waals surface area contributed by atoms with Crippen LogP contribution in [-0.2, 0) is 11.2 Å². The highest BCUT2D eigenvalue weighted by Gasteiger charge is 2.20. The predicted molar refractivity (Wildman–Crippen MR) is 56.6 cm³/mol. The first-order chi connectivity index (χ1) is 7.25. The highest BCUT2D eigenvalue weighted by molar-refractivity contribution is 5.00. The molecule has 4 nitrogen and oxygen atoms in total. The van der Waals surface area contributed by atoms with Crippen molar-refractivity contribution in [3.63, 3.8) is 0 Å². The van der Waals surface area contributed by atoms with E-state index < -0.39 is 0 Å². The van der Waals surface area contributed by atoms with E-state index in [0.717, 1.165) is 37.8 Å². The number of nitrogens with zero attached hydrogens (tertiary/aromatic N) is 1. The number of nitrogens with one attached hydrogen (secondary N) is 1. The Morgan fingerprint density at radius 3 is 3.13 bits per heavy atom. The third-order valence-electron chi connectivity index (χ3n) is 2.40. The van der Waals surface area contributed by atoms with Gasteiger partial charge in [-0.05, 0) is 5.92 Å². The van der Waals surface area contributed by atoms with Gasteiger partial charge in [-0.2, -0.15) is 0 Å². The fraction of sp³-hybridized carbons (Fsp3) is 0.727. The lowest BCUT2D eigenvalue weighted by Gasteiger charge is -2.21. The molecule has 1 N–H and O–H groups in total. The Bertz CT molecular complexity index is 303. The van der Waals surface area contributed by atoms with Crippen molar-refractivity contribution in [3.05, 3.63) is 17.8 Å². The molecule has 2 heterocycles. The second kappa shape index (κ2) is 4.77. The molecule has 1 saturated heterocycles. The first-order valence-electron chi connectivity index (χ1n) is 5.52. The first-order valence-corrected chi connectivity index (χ1v) is 5.52. The van der Waals surface area contributed by atoms with Crippen LogP contribution in [0.1, 0.15) is 31.6 Å². The maximum Gasteiger partial charge on any atom is 0.194 e. The van der Waals surface area contributed by atoms with Crippen molar-refractivity contribution in [2.45, 2.75) is 26.4 Å². The van der Waals surface area contributed by atoms with E-state index in [4.69, 9.17) is 9.15 Å². The van der Waals surface area contributed by atoms with Crippen molar-refractivity contribution in [1.82, 2.24) is 10.3 Å². The van der Waals surface area contributed by atoms with Crippen LogP contribution in [0.15, 0.2) is 10.6 Å². The maximum absolute atomic E-state index is 5.66. The van der Waals surface area contributed by atoms with Gasteiger partial charge in [0, 0.05) is 19.5 Å². The Kier molecular flexibility index (Phi) is 3.38. The Labute approximate surface area is 90.0 Å². The molecule has 0 aliphatic carbocycles. The fourth-order valence-electron chi connectivity index (χ4n) is 1.66. The number of oxazole rings is 1. The number of rotatable bonds is 3. The van der Waals surface area contributed by atoms with Crippen molar-refractivity contribution in [2.75, 3.05) is 19.7 Å². The van der Waals surface area contributed by atoms with Crippen LogP contribution in [0.3, 0.4) is 0 Å². The zero-order valence-corrected chi connectivity index (χ0v) is 9.32. The molecule has 0 bridgehead atoms. The second-order valence-electron chi connectivity index (χ2n) is 4.32. The molecule has 0 saturated carbocycles. The summed E-state index contributed by atoms with van der Waals surface area (Å²) in [5.41, 5.74) is 0. The van der Waals surface area contributed by atoms with Crippen LogP contribution in [0.25, 0.3) is 0 Å². The topological polar surface area (TPSA) is 47.3 Å². The molecule has 15 heavy (non-hydrogen) atoms. The molecule has 1 fully saturated rings. The molecule has 0 aromatic carbocycles.